The maximum Gasteiger partial charge on any atom is 0.293 e. The van der Waals surface area contributed by atoms with Crippen LogP contribution in [0.1, 0.15) is 61.6 Å². The van der Waals surface area contributed by atoms with E-state index in [2.05, 4.69) is 15.1 Å². The Morgan fingerprint density at radius 3 is 2.07 bits per heavy atom. The number of β-amino-alcohol motifs (C(OH)–C–C–N with tert-alkyl or cyclic N) is 1. The molecule has 390 valence electrons. The number of ether oxygens (including phenoxy) is 6. The van der Waals surface area contributed by atoms with Crippen LogP contribution in [0.4, 0.5) is 10.5 Å². The standard InChI is InChI=1S/C54H65N5O12S2/c1-35-28-39(11-16-45(35)71-46-17-14-41(55-7)29-36(46)2)30-47-51(63)58(53(65)73-47)18-19-66-20-21-67-22-23-68-24-25-69-26-27-70-33-48(62)57-50(54(4,5)6)52(64)59-32-42(60)31-43(59)44(61)15-10-38-8-12-40(13-9-38)49-37(3)56-34-72-49/h8-9,11-14,16-17,28-30,34,42-43,50,60H,10,15,18-27,31-33H2,1-6H3,(H,57,62)/b47-30-/t42-,43+,50-/m1/s1. The molecule has 4 aromatic rings. The average molecular weight is 1040 g/mol. The first-order valence-corrected chi connectivity index (χ1v) is 25.9. The summed E-state index contributed by atoms with van der Waals surface area (Å²) in [5.74, 6) is -0.121. The van der Waals surface area contributed by atoms with Crippen LogP contribution < -0.4 is 10.1 Å². The molecule has 0 spiro atoms. The van der Waals surface area contributed by atoms with Gasteiger partial charge in [-0.3, -0.25) is 28.9 Å². The molecule has 2 aliphatic rings. The molecule has 3 aromatic carbocycles. The first kappa shape index (κ1) is 56.5. The van der Waals surface area contributed by atoms with Crippen molar-refractivity contribution in [2.45, 2.75) is 79.0 Å². The Balaban J connectivity index is 0.781. The number of likely N-dealkylation sites (tertiary alicyclic amines) is 1. The lowest BCUT2D eigenvalue weighted by Crippen LogP contribution is -2.57. The van der Waals surface area contributed by atoms with Gasteiger partial charge in [-0.15, -0.1) is 11.3 Å². The van der Waals surface area contributed by atoms with Gasteiger partial charge in [0.15, 0.2) is 11.5 Å². The molecule has 6 rings (SSSR count). The van der Waals surface area contributed by atoms with Crippen molar-refractivity contribution in [2.24, 2.45) is 5.41 Å². The first-order valence-electron chi connectivity index (χ1n) is 24.2. The van der Waals surface area contributed by atoms with Gasteiger partial charge >= 0.3 is 0 Å². The number of carbonyl (C=O) groups is 5. The van der Waals surface area contributed by atoms with E-state index < -0.39 is 35.4 Å². The fourth-order valence-corrected chi connectivity index (χ4v) is 9.75. The monoisotopic (exact) mass is 1040 g/mol. The van der Waals surface area contributed by atoms with Gasteiger partial charge in [0.2, 0.25) is 11.8 Å². The zero-order valence-corrected chi connectivity index (χ0v) is 43.9. The van der Waals surface area contributed by atoms with Crippen LogP contribution in [-0.4, -0.2) is 146 Å². The van der Waals surface area contributed by atoms with Crippen molar-refractivity contribution in [2.75, 3.05) is 79.2 Å². The number of aliphatic hydroxyl groups is 1. The van der Waals surface area contributed by atoms with E-state index in [0.717, 1.165) is 50.2 Å². The van der Waals surface area contributed by atoms with Crippen LogP contribution in [0.5, 0.6) is 11.5 Å². The molecule has 2 saturated heterocycles. The molecule has 4 amide bonds. The Kier molecular flexibility index (Phi) is 21.2. The second-order valence-corrected chi connectivity index (χ2v) is 20.6. The van der Waals surface area contributed by atoms with Crippen LogP contribution in [0.25, 0.3) is 21.4 Å². The summed E-state index contributed by atoms with van der Waals surface area (Å²) < 4.78 is 33.8. The number of nitrogens with one attached hydrogen (secondary N) is 1. The van der Waals surface area contributed by atoms with Crippen LogP contribution in [0, 0.1) is 32.8 Å². The highest BCUT2D eigenvalue weighted by Gasteiger charge is 2.44. The quantitative estimate of drug-likeness (QED) is 0.0332. The number of carbonyl (C=O) groups excluding carboxylic acids is 5. The Morgan fingerprint density at radius 2 is 1.48 bits per heavy atom. The van der Waals surface area contributed by atoms with E-state index >= 15 is 0 Å². The van der Waals surface area contributed by atoms with E-state index in [4.69, 9.17) is 35.0 Å². The van der Waals surface area contributed by atoms with Gasteiger partial charge in [-0.2, -0.15) is 0 Å². The number of thiazole rings is 1. The molecule has 2 aliphatic heterocycles. The lowest BCUT2D eigenvalue weighted by molar-refractivity contribution is -0.144. The summed E-state index contributed by atoms with van der Waals surface area (Å²) in [6, 6.07) is 17.1. The molecule has 1 aromatic heterocycles. The predicted octanol–water partition coefficient (Wildman–Crippen LogP) is 7.89. The Morgan fingerprint density at radius 1 is 0.863 bits per heavy atom. The number of imide groups is 1. The van der Waals surface area contributed by atoms with E-state index in [1.807, 2.05) is 89.5 Å². The van der Waals surface area contributed by atoms with Crippen LogP contribution >= 0.6 is 23.1 Å². The minimum Gasteiger partial charge on any atom is -0.457 e. The van der Waals surface area contributed by atoms with E-state index in [0.29, 0.717) is 61.5 Å². The smallest absolute Gasteiger partial charge is 0.293 e. The zero-order chi connectivity index (χ0) is 52.5. The maximum atomic E-state index is 13.9. The molecule has 3 heterocycles. The number of aryl methyl sites for hydroxylation is 4. The molecule has 2 N–H and O–H groups in total. The Hall–Kier alpha value is -5.82. The van der Waals surface area contributed by atoms with Crippen molar-refractivity contribution in [3.05, 3.63) is 110 Å². The predicted molar refractivity (Wildman–Crippen MR) is 279 cm³/mol. The van der Waals surface area contributed by atoms with Gasteiger partial charge in [0.25, 0.3) is 11.1 Å². The zero-order valence-electron chi connectivity index (χ0n) is 42.3. The van der Waals surface area contributed by atoms with Crippen molar-refractivity contribution < 1.29 is 57.5 Å². The minimum absolute atomic E-state index is 0.0101. The average Bonchev–Trinajstić information content (AvgIpc) is 4.05. The van der Waals surface area contributed by atoms with Gasteiger partial charge in [0.05, 0.1) is 106 Å². The van der Waals surface area contributed by atoms with Gasteiger partial charge in [-0.25, -0.2) is 9.83 Å². The van der Waals surface area contributed by atoms with Crippen molar-refractivity contribution in [3.8, 4) is 21.9 Å². The minimum atomic E-state index is -0.954. The number of amides is 4. The van der Waals surface area contributed by atoms with Crippen molar-refractivity contribution in [1.29, 1.82) is 0 Å². The summed E-state index contributed by atoms with van der Waals surface area (Å²) in [7, 11) is 0. The van der Waals surface area contributed by atoms with E-state index in [9.17, 15) is 29.1 Å². The fraction of sp³-hybridized carbons (Fsp3) is 0.463. The third-order valence-electron chi connectivity index (χ3n) is 12.0. The summed E-state index contributed by atoms with van der Waals surface area (Å²) in [6.45, 7) is 20.6. The maximum absolute atomic E-state index is 13.9. The molecular formula is C54H65N5O12S2. The van der Waals surface area contributed by atoms with Crippen LogP contribution in [-0.2, 0) is 49.3 Å². The van der Waals surface area contributed by atoms with Gasteiger partial charge in [0, 0.05) is 19.4 Å². The fourth-order valence-electron chi connectivity index (χ4n) is 8.07. The summed E-state index contributed by atoms with van der Waals surface area (Å²) in [4.78, 5) is 77.9. The topological polar surface area (TPSA) is 197 Å². The number of Topliss-reactive ketones (excluding diaryl/α,β-unsaturated/α-hetero) is 1. The molecule has 73 heavy (non-hydrogen) atoms. The third-order valence-corrected chi connectivity index (χ3v) is 13.9. The molecule has 0 unspecified atom stereocenters. The van der Waals surface area contributed by atoms with Gasteiger partial charge in [0.1, 0.15) is 24.1 Å². The van der Waals surface area contributed by atoms with E-state index in [-0.39, 0.29) is 75.9 Å². The van der Waals surface area contributed by atoms with Crippen molar-refractivity contribution >= 4 is 63.6 Å². The number of thioether (sulfide) groups is 1. The number of nitrogens with zero attached hydrogens (tertiary/aromatic N) is 4. The van der Waals surface area contributed by atoms with Crippen LogP contribution in [0.2, 0.25) is 0 Å². The molecule has 0 radical (unpaired) electrons. The van der Waals surface area contributed by atoms with Gasteiger partial charge < -0.3 is 43.7 Å². The Bertz CT molecular complexity index is 2620. The molecule has 2 fully saturated rings. The highest BCUT2D eigenvalue weighted by molar-refractivity contribution is 8.18. The molecular weight excluding hydrogens is 975 g/mol. The number of hydrogen-bond donors (Lipinski definition) is 2. The van der Waals surface area contributed by atoms with Gasteiger partial charge in [-0.1, -0.05) is 57.2 Å². The number of rotatable bonds is 27. The second-order valence-electron chi connectivity index (χ2n) is 18.7. The second kappa shape index (κ2) is 27.5. The Labute approximate surface area is 435 Å². The number of aliphatic hydroxyl groups excluding tert-OH is 1. The highest BCUT2D eigenvalue weighted by Crippen LogP contribution is 2.35. The summed E-state index contributed by atoms with van der Waals surface area (Å²) in [5, 5.41) is 13.0. The summed E-state index contributed by atoms with van der Waals surface area (Å²) in [6.07, 6.45) is 1.69. The molecule has 0 aliphatic carbocycles. The number of ketones is 1. The SMILES string of the molecule is [C-]#[N+]c1ccc(Oc2ccc(/C=C3\SC(=O)N(CCOCCOCCOCCOCCOCC(=O)N[C@H](C(=O)N4C[C@H](O)C[C@H]4C(=O)CCc4ccc(-c5scnc5C)cc4)C(C)(C)C)C3=O)cc2C)c(C)c1. The van der Waals surface area contributed by atoms with Gasteiger partial charge in [-0.05, 0) is 103 Å². The van der Waals surface area contributed by atoms with E-state index in [1.165, 1.54) is 9.80 Å². The lowest BCUT2D eigenvalue weighted by atomic mass is 9.85. The van der Waals surface area contributed by atoms with E-state index in [1.54, 1.807) is 35.6 Å². The summed E-state index contributed by atoms with van der Waals surface area (Å²) >= 11 is 2.47. The number of benzene rings is 3. The molecule has 3 atom stereocenters. The van der Waals surface area contributed by atoms with Crippen molar-refractivity contribution in [3.63, 3.8) is 0 Å². The van der Waals surface area contributed by atoms with Crippen LogP contribution in [0.15, 0.2) is 71.1 Å². The normalized spacial score (nSPS) is 16.8. The molecule has 19 heteroatoms. The first-order chi connectivity index (χ1) is 35.0. The third kappa shape index (κ3) is 16.6. The largest absolute Gasteiger partial charge is 0.457 e. The number of aromatic nitrogens is 1. The molecule has 0 saturated carbocycles. The number of hydrogen-bond acceptors (Lipinski definition) is 15. The molecule has 17 nitrogen and oxygen atoms in total. The molecule has 0 bridgehead atoms. The lowest BCUT2D eigenvalue weighted by Gasteiger charge is -2.35. The van der Waals surface area contributed by atoms with Crippen molar-refractivity contribution in [1.82, 2.24) is 20.1 Å². The highest BCUT2D eigenvalue weighted by atomic mass is 32.2. The van der Waals surface area contributed by atoms with Crippen LogP contribution in [0.3, 0.4) is 0 Å². The summed E-state index contributed by atoms with van der Waals surface area (Å²) in [5.41, 5.74) is 7.15.